The molecule has 25 heavy (non-hydrogen) atoms. The maximum atomic E-state index is 5.95. The van der Waals surface area contributed by atoms with E-state index in [-0.39, 0.29) is 24.0 Å². The van der Waals surface area contributed by atoms with Crippen LogP contribution in [0.3, 0.4) is 0 Å². The van der Waals surface area contributed by atoms with Crippen LogP contribution in [0.4, 0.5) is 0 Å². The van der Waals surface area contributed by atoms with Crippen LogP contribution >= 0.6 is 35.6 Å². The lowest BCUT2D eigenvalue weighted by Gasteiger charge is -2.27. The molecule has 1 heterocycles. The predicted octanol–water partition coefficient (Wildman–Crippen LogP) is 3.08. The van der Waals surface area contributed by atoms with Crippen molar-refractivity contribution < 1.29 is 4.74 Å². The van der Waals surface area contributed by atoms with E-state index in [9.17, 15) is 0 Å². The molecule has 1 aliphatic rings. The van der Waals surface area contributed by atoms with E-state index in [1.54, 1.807) is 7.11 Å². The first-order valence-corrected chi connectivity index (χ1v) is 8.91. The van der Waals surface area contributed by atoms with E-state index in [1.807, 2.05) is 19.2 Å². The predicted molar refractivity (Wildman–Crippen MR) is 116 cm³/mol. The highest BCUT2D eigenvalue weighted by molar-refractivity contribution is 14.0. The van der Waals surface area contributed by atoms with Crippen molar-refractivity contribution in [3.63, 3.8) is 0 Å². The van der Waals surface area contributed by atoms with Gasteiger partial charge in [-0.15, -0.1) is 24.0 Å². The number of hydrogen-bond donors (Lipinski definition) is 1. The van der Waals surface area contributed by atoms with Gasteiger partial charge in [-0.1, -0.05) is 23.7 Å². The summed E-state index contributed by atoms with van der Waals surface area (Å²) in [6.07, 6.45) is 2.49. The molecule has 5 nitrogen and oxygen atoms in total. The van der Waals surface area contributed by atoms with E-state index in [2.05, 4.69) is 39.3 Å². The summed E-state index contributed by atoms with van der Waals surface area (Å²) >= 11 is 5.95. The third-order valence-corrected chi connectivity index (χ3v) is 4.74. The van der Waals surface area contributed by atoms with Crippen molar-refractivity contribution in [2.24, 2.45) is 4.99 Å². The van der Waals surface area contributed by atoms with Crippen LogP contribution in [0.15, 0.2) is 29.3 Å². The summed E-state index contributed by atoms with van der Waals surface area (Å²) in [5.74, 6) is 0.920. The van der Waals surface area contributed by atoms with E-state index in [0.29, 0.717) is 6.04 Å². The normalized spacial score (nSPS) is 18.1. The third kappa shape index (κ3) is 7.29. The number of methoxy groups -OCH3 is 1. The van der Waals surface area contributed by atoms with Crippen molar-refractivity contribution >= 4 is 41.5 Å². The van der Waals surface area contributed by atoms with Crippen LogP contribution < -0.4 is 5.32 Å². The Bertz CT molecular complexity index is 526. The Labute approximate surface area is 173 Å². The summed E-state index contributed by atoms with van der Waals surface area (Å²) in [7, 11) is 5.65. The minimum absolute atomic E-state index is 0. The zero-order valence-electron chi connectivity index (χ0n) is 15.4. The Morgan fingerprint density at radius 1 is 1.40 bits per heavy atom. The van der Waals surface area contributed by atoms with Crippen molar-refractivity contribution in [2.45, 2.75) is 25.4 Å². The zero-order valence-corrected chi connectivity index (χ0v) is 18.5. The number of aliphatic imine (C=N–C) groups is 1. The molecule has 0 aliphatic carbocycles. The lowest BCUT2D eigenvalue weighted by atomic mass is 10.2. The molecule has 1 saturated heterocycles. The van der Waals surface area contributed by atoms with Crippen molar-refractivity contribution in [1.29, 1.82) is 0 Å². The van der Waals surface area contributed by atoms with E-state index < -0.39 is 0 Å². The van der Waals surface area contributed by atoms with Gasteiger partial charge >= 0.3 is 0 Å². The molecular formula is C18H30ClIN4O. The standard InChI is InChI=1S/C18H29ClN4O.HI/c1-20-18(22(2)14-15-6-8-16(19)9-7-15)21-13-17-5-4-10-23(17)11-12-24-3;/h6-9,17H,4-5,10-14H2,1-3H3,(H,20,21);1H. The van der Waals surface area contributed by atoms with Gasteiger partial charge in [0.25, 0.3) is 0 Å². The molecule has 0 bridgehead atoms. The average molecular weight is 481 g/mol. The van der Waals surface area contributed by atoms with Gasteiger partial charge in [-0.3, -0.25) is 9.89 Å². The lowest BCUT2D eigenvalue weighted by molar-refractivity contribution is 0.141. The number of ether oxygens (including phenoxy) is 1. The maximum absolute atomic E-state index is 5.95. The number of nitrogens with one attached hydrogen (secondary N) is 1. The molecular weight excluding hydrogens is 451 g/mol. The van der Waals surface area contributed by atoms with Gasteiger partial charge in [-0.25, -0.2) is 0 Å². The van der Waals surface area contributed by atoms with Gasteiger partial charge < -0.3 is 15.0 Å². The maximum Gasteiger partial charge on any atom is 0.193 e. The van der Waals surface area contributed by atoms with E-state index in [4.69, 9.17) is 16.3 Å². The molecule has 7 heteroatoms. The average Bonchev–Trinajstić information content (AvgIpc) is 3.03. The Hall–Kier alpha value is -0.570. The number of nitrogens with zero attached hydrogens (tertiary/aromatic N) is 3. The Morgan fingerprint density at radius 2 is 2.12 bits per heavy atom. The fourth-order valence-corrected chi connectivity index (χ4v) is 3.29. The number of guanidine groups is 1. The largest absolute Gasteiger partial charge is 0.383 e. The van der Waals surface area contributed by atoms with Crippen LogP contribution in [0.1, 0.15) is 18.4 Å². The Balaban J connectivity index is 0.00000312. The topological polar surface area (TPSA) is 40.1 Å². The first kappa shape index (κ1) is 22.5. The Morgan fingerprint density at radius 3 is 2.76 bits per heavy atom. The monoisotopic (exact) mass is 480 g/mol. The molecule has 1 aromatic rings. The number of rotatable bonds is 7. The van der Waals surface area contributed by atoms with Crippen LogP contribution in [0, 0.1) is 0 Å². The summed E-state index contributed by atoms with van der Waals surface area (Å²) in [5.41, 5.74) is 1.22. The molecule has 0 radical (unpaired) electrons. The Kier molecular flexibility index (Phi) is 10.7. The highest BCUT2D eigenvalue weighted by atomic mass is 127. The summed E-state index contributed by atoms with van der Waals surface area (Å²) in [6, 6.07) is 8.51. The van der Waals surface area contributed by atoms with Crippen molar-refractivity contribution in [3.05, 3.63) is 34.9 Å². The summed E-state index contributed by atoms with van der Waals surface area (Å²) in [6.45, 7) is 4.68. The van der Waals surface area contributed by atoms with Crippen molar-refractivity contribution in [2.75, 3.05) is 47.4 Å². The highest BCUT2D eigenvalue weighted by Crippen LogP contribution is 2.16. The second kappa shape index (κ2) is 11.9. The summed E-state index contributed by atoms with van der Waals surface area (Å²) < 4.78 is 5.21. The quantitative estimate of drug-likeness (QED) is 0.370. The molecule has 1 fully saturated rings. The molecule has 1 unspecified atom stereocenters. The summed E-state index contributed by atoms with van der Waals surface area (Å²) in [5, 5.41) is 4.28. The highest BCUT2D eigenvalue weighted by Gasteiger charge is 2.24. The van der Waals surface area contributed by atoms with E-state index in [0.717, 1.165) is 43.8 Å². The molecule has 2 rings (SSSR count). The van der Waals surface area contributed by atoms with Gasteiger partial charge in [0.2, 0.25) is 0 Å². The molecule has 142 valence electrons. The molecule has 0 amide bonds. The van der Waals surface area contributed by atoms with Gasteiger partial charge in [0.1, 0.15) is 0 Å². The molecule has 0 aromatic heterocycles. The first-order chi connectivity index (χ1) is 11.6. The second-order valence-corrected chi connectivity index (χ2v) is 6.67. The molecule has 1 atom stereocenters. The van der Waals surface area contributed by atoms with E-state index >= 15 is 0 Å². The third-order valence-electron chi connectivity index (χ3n) is 4.48. The molecule has 1 N–H and O–H groups in total. The van der Waals surface area contributed by atoms with Gasteiger partial charge in [-0.05, 0) is 37.1 Å². The van der Waals surface area contributed by atoms with Crippen LogP contribution in [0.5, 0.6) is 0 Å². The first-order valence-electron chi connectivity index (χ1n) is 8.53. The fraction of sp³-hybridized carbons (Fsp3) is 0.611. The lowest BCUT2D eigenvalue weighted by Crippen LogP contribution is -2.45. The molecule has 0 spiro atoms. The number of likely N-dealkylation sites (tertiary alicyclic amines) is 1. The van der Waals surface area contributed by atoms with Gasteiger partial charge in [0.15, 0.2) is 5.96 Å². The van der Waals surface area contributed by atoms with E-state index in [1.165, 1.54) is 18.4 Å². The minimum Gasteiger partial charge on any atom is -0.383 e. The van der Waals surface area contributed by atoms with Crippen LogP contribution in [-0.2, 0) is 11.3 Å². The van der Waals surface area contributed by atoms with Crippen LogP contribution in [0.25, 0.3) is 0 Å². The minimum atomic E-state index is 0. The molecule has 0 saturated carbocycles. The van der Waals surface area contributed by atoms with Gasteiger partial charge in [0, 0.05) is 51.9 Å². The van der Waals surface area contributed by atoms with Gasteiger partial charge in [-0.2, -0.15) is 0 Å². The fourth-order valence-electron chi connectivity index (χ4n) is 3.16. The SMILES string of the molecule is CN=C(NCC1CCCN1CCOC)N(C)Cc1ccc(Cl)cc1.I. The van der Waals surface area contributed by atoms with Crippen molar-refractivity contribution in [1.82, 2.24) is 15.1 Å². The smallest absolute Gasteiger partial charge is 0.193 e. The second-order valence-electron chi connectivity index (χ2n) is 6.24. The number of halogens is 2. The zero-order chi connectivity index (χ0) is 17.4. The van der Waals surface area contributed by atoms with Gasteiger partial charge in [0.05, 0.1) is 6.61 Å². The molecule has 1 aromatic carbocycles. The van der Waals surface area contributed by atoms with Crippen molar-refractivity contribution in [3.8, 4) is 0 Å². The summed E-state index contributed by atoms with van der Waals surface area (Å²) in [4.78, 5) is 9.05. The van der Waals surface area contributed by atoms with Crippen LogP contribution in [-0.4, -0.2) is 69.2 Å². The number of hydrogen-bond acceptors (Lipinski definition) is 3. The molecule has 1 aliphatic heterocycles. The van der Waals surface area contributed by atoms with Crippen LogP contribution in [0.2, 0.25) is 5.02 Å². The number of benzene rings is 1.